The van der Waals surface area contributed by atoms with Crippen molar-refractivity contribution in [2.24, 2.45) is 0 Å². The minimum absolute atomic E-state index is 0.0940. The molecule has 128 valence electrons. The molecular formula is C17H21N3O4. The molecule has 0 aromatic heterocycles. The van der Waals surface area contributed by atoms with Crippen LogP contribution in [0.5, 0.6) is 0 Å². The van der Waals surface area contributed by atoms with Gasteiger partial charge in [-0.1, -0.05) is 6.92 Å². The van der Waals surface area contributed by atoms with E-state index in [1.165, 1.54) is 6.92 Å². The lowest BCUT2D eigenvalue weighted by atomic mass is 10.1. The fourth-order valence-electron chi connectivity index (χ4n) is 3.10. The van der Waals surface area contributed by atoms with E-state index in [0.717, 1.165) is 23.4 Å². The van der Waals surface area contributed by atoms with Gasteiger partial charge in [0.2, 0.25) is 11.8 Å². The van der Waals surface area contributed by atoms with E-state index in [1.54, 1.807) is 9.80 Å². The lowest BCUT2D eigenvalue weighted by Crippen LogP contribution is -2.33. The summed E-state index contributed by atoms with van der Waals surface area (Å²) in [5.41, 5.74) is 2.58. The van der Waals surface area contributed by atoms with Crippen LogP contribution in [0.15, 0.2) is 18.2 Å². The van der Waals surface area contributed by atoms with Crippen molar-refractivity contribution >= 4 is 29.3 Å². The van der Waals surface area contributed by atoms with E-state index in [4.69, 9.17) is 4.74 Å². The zero-order valence-corrected chi connectivity index (χ0v) is 13.9. The molecule has 0 saturated carbocycles. The zero-order chi connectivity index (χ0) is 17.3. The fraction of sp³-hybridized carbons (Fsp3) is 0.471. The average molecular weight is 331 g/mol. The number of hydrogen-bond acceptors (Lipinski definition) is 4. The molecule has 1 unspecified atom stereocenters. The smallest absolute Gasteiger partial charge is 0.414 e. The number of nitrogens with one attached hydrogen (secondary N) is 1. The van der Waals surface area contributed by atoms with E-state index in [2.05, 4.69) is 5.32 Å². The van der Waals surface area contributed by atoms with Crippen LogP contribution in [0.3, 0.4) is 0 Å². The van der Waals surface area contributed by atoms with Crippen molar-refractivity contribution in [2.45, 2.75) is 32.8 Å². The molecule has 7 heteroatoms. The van der Waals surface area contributed by atoms with E-state index < -0.39 is 6.09 Å². The van der Waals surface area contributed by atoms with Gasteiger partial charge in [0, 0.05) is 24.8 Å². The molecule has 1 atom stereocenters. The average Bonchev–Trinajstić information content (AvgIpc) is 3.05. The summed E-state index contributed by atoms with van der Waals surface area (Å²) >= 11 is 0. The molecule has 1 aromatic rings. The van der Waals surface area contributed by atoms with Crippen LogP contribution in [0.1, 0.15) is 25.8 Å². The Morgan fingerprint density at radius 1 is 1.38 bits per heavy atom. The van der Waals surface area contributed by atoms with Crippen molar-refractivity contribution in [3.05, 3.63) is 23.8 Å². The lowest BCUT2D eigenvalue weighted by molar-refractivity contribution is -0.119. The van der Waals surface area contributed by atoms with Gasteiger partial charge >= 0.3 is 6.09 Å². The maximum absolute atomic E-state index is 12.1. The van der Waals surface area contributed by atoms with Gasteiger partial charge in [-0.15, -0.1) is 0 Å². The Kier molecular flexibility index (Phi) is 4.42. The highest BCUT2D eigenvalue weighted by atomic mass is 16.6. The van der Waals surface area contributed by atoms with Gasteiger partial charge < -0.3 is 15.0 Å². The van der Waals surface area contributed by atoms with Gasteiger partial charge in [0.1, 0.15) is 6.10 Å². The number of cyclic esters (lactones) is 1. The summed E-state index contributed by atoms with van der Waals surface area (Å²) in [5.74, 6) is -0.0620. The number of carbonyl (C=O) groups is 3. The molecule has 1 N–H and O–H groups in total. The van der Waals surface area contributed by atoms with Gasteiger partial charge in [-0.05, 0) is 30.2 Å². The summed E-state index contributed by atoms with van der Waals surface area (Å²) in [5, 5.41) is 2.65. The van der Waals surface area contributed by atoms with Gasteiger partial charge in [0.15, 0.2) is 0 Å². The van der Waals surface area contributed by atoms with Crippen LogP contribution < -0.4 is 15.1 Å². The van der Waals surface area contributed by atoms with E-state index in [-0.39, 0.29) is 17.9 Å². The predicted octanol–water partition coefficient (Wildman–Crippen LogP) is 1.45. The molecule has 3 rings (SSSR count). The molecule has 3 amide bonds. The summed E-state index contributed by atoms with van der Waals surface area (Å²) in [4.78, 5) is 38.5. The van der Waals surface area contributed by atoms with Gasteiger partial charge in [0.25, 0.3) is 0 Å². The minimum atomic E-state index is -0.431. The van der Waals surface area contributed by atoms with Crippen molar-refractivity contribution in [1.82, 2.24) is 5.32 Å². The molecule has 2 heterocycles. The largest absolute Gasteiger partial charge is 0.442 e. The third-order valence-corrected chi connectivity index (χ3v) is 4.21. The number of hydrogen-bond donors (Lipinski definition) is 1. The number of nitrogens with zero attached hydrogens (tertiary/aromatic N) is 2. The number of fused-ring (bicyclic) bond motifs is 1. The van der Waals surface area contributed by atoms with Crippen LogP contribution in [0.4, 0.5) is 16.2 Å². The van der Waals surface area contributed by atoms with Crippen LogP contribution in [-0.4, -0.2) is 43.6 Å². The van der Waals surface area contributed by atoms with E-state index in [1.807, 2.05) is 25.1 Å². The summed E-state index contributed by atoms with van der Waals surface area (Å²) in [6.07, 6.45) is 0.463. The lowest BCUT2D eigenvalue weighted by Gasteiger charge is -2.18. The highest BCUT2D eigenvalue weighted by molar-refractivity contribution is 6.02. The highest BCUT2D eigenvalue weighted by Crippen LogP contribution is 2.33. The van der Waals surface area contributed by atoms with Crippen molar-refractivity contribution in [1.29, 1.82) is 0 Å². The standard InChI is InChI=1S/C17H21N3O4/c1-3-6-19-15-5-4-13(7-12(15)8-16(19)22)20-10-14(24-17(20)23)9-18-11(2)21/h4-5,7,14H,3,6,8-10H2,1-2H3,(H,18,21). The SMILES string of the molecule is CCCN1C(=O)Cc2cc(N3CC(CNC(C)=O)OC3=O)ccc21. The first-order valence-corrected chi connectivity index (χ1v) is 8.15. The molecule has 0 bridgehead atoms. The first kappa shape index (κ1) is 16.3. The summed E-state index contributed by atoms with van der Waals surface area (Å²) < 4.78 is 5.27. The molecule has 1 saturated heterocycles. The zero-order valence-electron chi connectivity index (χ0n) is 13.9. The second-order valence-electron chi connectivity index (χ2n) is 6.09. The Morgan fingerprint density at radius 3 is 2.88 bits per heavy atom. The van der Waals surface area contributed by atoms with Crippen molar-refractivity contribution in [2.75, 3.05) is 29.4 Å². The number of rotatable bonds is 5. The van der Waals surface area contributed by atoms with Gasteiger partial charge in [-0.25, -0.2) is 4.79 Å². The van der Waals surface area contributed by atoms with Crippen molar-refractivity contribution in [3.63, 3.8) is 0 Å². The molecule has 2 aliphatic heterocycles. The number of carbonyl (C=O) groups excluding carboxylic acids is 3. The normalized spacial score (nSPS) is 19.5. The van der Waals surface area contributed by atoms with Gasteiger partial charge in [-0.2, -0.15) is 0 Å². The molecule has 0 aliphatic carbocycles. The molecule has 7 nitrogen and oxygen atoms in total. The third-order valence-electron chi connectivity index (χ3n) is 4.21. The third kappa shape index (κ3) is 3.06. The van der Waals surface area contributed by atoms with Crippen molar-refractivity contribution < 1.29 is 19.1 Å². The second-order valence-corrected chi connectivity index (χ2v) is 6.09. The summed E-state index contributed by atoms with van der Waals surface area (Å²) in [7, 11) is 0. The molecule has 0 radical (unpaired) electrons. The number of anilines is 2. The summed E-state index contributed by atoms with van der Waals surface area (Å²) in [6, 6.07) is 5.60. The monoisotopic (exact) mass is 331 g/mol. The van der Waals surface area contributed by atoms with Gasteiger partial charge in [-0.3, -0.25) is 14.5 Å². The number of amides is 3. The minimum Gasteiger partial charge on any atom is -0.442 e. The number of ether oxygens (including phenoxy) is 1. The topological polar surface area (TPSA) is 79.0 Å². The first-order valence-electron chi connectivity index (χ1n) is 8.15. The second kappa shape index (κ2) is 6.51. The van der Waals surface area contributed by atoms with E-state index in [9.17, 15) is 14.4 Å². The maximum Gasteiger partial charge on any atom is 0.414 e. The Balaban J connectivity index is 1.75. The molecular weight excluding hydrogens is 310 g/mol. The molecule has 1 aromatic carbocycles. The highest BCUT2D eigenvalue weighted by Gasteiger charge is 2.34. The summed E-state index contributed by atoms with van der Waals surface area (Å²) in [6.45, 7) is 4.84. The molecule has 1 fully saturated rings. The Hall–Kier alpha value is -2.57. The molecule has 24 heavy (non-hydrogen) atoms. The van der Waals surface area contributed by atoms with E-state index in [0.29, 0.717) is 26.1 Å². The molecule has 2 aliphatic rings. The van der Waals surface area contributed by atoms with Crippen LogP contribution in [0.2, 0.25) is 0 Å². The maximum atomic E-state index is 12.1. The van der Waals surface area contributed by atoms with Crippen molar-refractivity contribution in [3.8, 4) is 0 Å². The van der Waals surface area contributed by atoms with E-state index >= 15 is 0 Å². The van der Waals surface area contributed by atoms with Crippen LogP contribution in [0.25, 0.3) is 0 Å². The molecule has 0 spiro atoms. The quantitative estimate of drug-likeness (QED) is 0.886. The predicted molar refractivity (Wildman–Crippen MR) is 89.1 cm³/mol. The first-order chi connectivity index (χ1) is 11.5. The van der Waals surface area contributed by atoms with Crippen LogP contribution in [0, 0.1) is 0 Å². The van der Waals surface area contributed by atoms with Gasteiger partial charge in [0.05, 0.1) is 19.5 Å². The fourth-order valence-corrected chi connectivity index (χ4v) is 3.10. The Morgan fingerprint density at radius 2 is 2.17 bits per heavy atom. The Labute approximate surface area is 140 Å². The Bertz CT molecular complexity index is 688. The van der Waals surface area contributed by atoms with Crippen LogP contribution >= 0.6 is 0 Å². The van der Waals surface area contributed by atoms with Crippen LogP contribution in [-0.2, 0) is 20.7 Å². The number of benzene rings is 1.